The molecular weight excluding hydrogens is 528 g/mol. The minimum atomic E-state index is 0.594. The summed E-state index contributed by atoms with van der Waals surface area (Å²) < 4.78 is 17.7. The molecule has 2 unspecified atom stereocenters. The number of hydrogen-bond donors (Lipinski definition) is 0. The minimum Gasteiger partial charge on any atom is -0.381 e. The van der Waals surface area contributed by atoms with Crippen LogP contribution in [0.3, 0.4) is 0 Å². The van der Waals surface area contributed by atoms with Gasteiger partial charge in [0.25, 0.3) is 0 Å². The van der Waals surface area contributed by atoms with E-state index >= 15 is 0 Å². The molecule has 0 saturated heterocycles. The predicted molar refractivity (Wildman–Crippen MR) is 185 cm³/mol. The van der Waals surface area contributed by atoms with Crippen LogP contribution in [-0.2, 0) is 27.4 Å². The molecule has 0 amide bonds. The molecule has 2 aromatic carbocycles. The van der Waals surface area contributed by atoms with Crippen molar-refractivity contribution in [3.8, 4) is 0 Å². The van der Waals surface area contributed by atoms with Gasteiger partial charge >= 0.3 is 0 Å². The van der Waals surface area contributed by atoms with Gasteiger partial charge in [0.15, 0.2) is 0 Å². The Hall–Kier alpha value is -1.68. The summed E-state index contributed by atoms with van der Waals surface area (Å²) in [6.45, 7) is 14.2. The van der Waals surface area contributed by atoms with E-state index in [-0.39, 0.29) is 0 Å². The summed E-state index contributed by atoms with van der Waals surface area (Å²) in [4.78, 5) is 0. The van der Waals surface area contributed by atoms with Crippen molar-refractivity contribution in [1.29, 1.82) is 0 Å². The molecule has 2 aromatic rings. The highest BCUT2D eigenvalue weighted by atomic mass is 16.5. The van der Waals surface area contributed by atoms with Crippen LogP contribution in [0.25, 0.3) is 0 Å². The molecule has 0 bridgehead atoms. The van der Waals surface area contributed by atoms with Gasteiger partial charge in [-0.15, -0.1) is 0 Å². The van der Waals surface area contributed by atoms with E-state index in [4.69, 9.17) is 14.2 Å². The Morgan fingerprint density at radius 2 is 0.767 bits per heavy atom. The monoisotopic (exact) mass is 595 g/mol. The molecule has 0 aromatic heterocycles. The van der Waals surface area contributed by atoms with Crippen molar-refractivity contribution >= 4 is 0 Å². The molecule has 0 heterocycles. The summed E-state index contributed by atoms with van der Waals surface area (Å²) in [5, 5.41) is 0. The summed E-state index contributed by atoms with van der Waals surface area (Å²) in [6, 6.07) is 18.2. The fraction of sp³-hybridized carbons (Fsp3) is 0.700. The maximum atomic E-state index is 5.96. The molecule has 244 valence electrons. The van der Waals surface area contributed by atoms with Crippen molar-refractivity contribution in [1.82, 2.24) is 0 Å². The Balaban J connectivity index is 1.44. The van der Waals surface area contributed by atoms with E-state index in [0.717, 1.165) is 52.5 Å². The van der Waals surface area contributed by atoms with Crippen molar-refractivity contribution in [3.05, 3.63) is 70.8 Å². The van der Waals surface area contributed by atoms with Gasteiger partial charge in [-0.25, -0.2) is 0 Å². The average Bonchev–Trinajstić information content (AvgIpc) is 3.03. The highest BCUT2D eigenvalue weighted by molar-refractivity contribution is 5.25. The fourth-order valence-electron chi connectivity index (χ4n) is 5.62. The second kappa shape index (κ2) is 25.6. The molecule has 0 aliphatic heterocycles. The first-order valence-electron chi connectivity index (χ1n) is 18.0. The van der Waals surface area contributed by atoms with Crippen molar-refractivity contribution in [2.45, 2.75) is 155 Å². The van der Waals surface area contributed by atoms with E-state index in [1.54, 1.807) is 0 Å². The smallest absolute Gasteiger partial charge is 0.0716 e. The van der Waals surface area contributed by atoms with E-state index in [9.17, 15) is 0 Å². The molecule has 0 spiro atoms. The first kappa shape index (κ1) is 37.5. The minimum absolute atomic E-state index is 0.594. The zero-order chi connectivity index (χ0) is 30.8. The van der Waals surface area contributed by atoms with Gasteiger partial charge in [0, 0.05) is 26.4 Å². The second-order valence-corrected chi connectivity index (χ2v) is 12.8. The van der Waals surface area contributed by atoms with E-state index < -0.39 is 0 Å². The van der Waals surface area contributed by atoms with Gasteiger partial charge in [0.2, 0.25) is 0 Å². The Bertz CT molecular complexity index is 802. The van der Waals surface area contributed by atoms with Gasteiger partial charge in [0.05, 0.1) is 13.2 Å². The van der Waals surface area contributed by atoms with Crippen LogP contribution in [0.4, 0.5) is 0 Å². The summed E-state index contributed by atoms with van der Waals surface area (Å²) in [5.41, 5.74) is 5.45. The van der Waals surface area contributed by atoms with Crippen LogP contribution in [0.1, 0.15) is 165 Å². The molecule has 3 nitrogen and oxygen atoms in total. The Kier molecular flexibility index (Phi) is 22.4. The van der Waals surface area contributed by atoms with Gasteiger partial charge in [0.1, 0.15) is 0 Å². The van der Waals surface area contributed by atoms with Crippen LogP contribution in [0.2, 0.25) is 0 Å². The summed E-state index contributed by atoms with van der Waals surface area (Å²) in [5.74, 6) is 1.19. The first-order valence-corrected chi connectivity index (χ1v) is 18.0. The highest BCUT2D eigenvalue weighted by Crippen LogP contribution is 2.23. The summed E-state index contributed by atoms with van der Waals surface area (Å²) >= 11 is 0. The SMILES string of the molecule is CCCCCCCOCc1ccc(C(C)CCCCOCCCCC(C)c2ccc(COCCCCCCC)cc2)cc1. The van der Waals surface area contributed by atoms with Crippen molar-refractivity contribution in [3.63, 3.8) is 0 Å². The largest absolute Gasteiger partial charge is 0.381 e. The fourth-order valence-corrected chi connectivity index (χ4v) is 5.62. The highest BCUT2D eigenvalue weighted by Gasteiger charge is 2.07. The summed E-state index contributed by atoms with van der Waals surface area (Å²) in [7, 11) is 0. The Morgan fingerprint density at radius 1 is 0.419 bits per heavy atom. The van der Waals surface area contributed by atoms with Crippen molar-refractivity contribution < 1.29 is 14.2 Å². The zero-order valence-electron chi connectivity index (χ0n) is 28.6. The lowest BCUT2D eigenvalue weighted by atomic mass is 9.94. The predicted octanol–water partition coefficient (Wildman–Crippen LogP) is 11.9. The van der Waals surface area contributed by atoms with Crippen LogP contribution in [0, 0.1) is 0 Å². The van der Waals surface area contributed by atoms with Crippen LogP contribution in [0.15, 0.2) is 48.5 Å². The summed E-state index contributed by atoms with van der Waals surface area (Å²) in [6.07, 6.45) is 20.1. The van der Waals surface area contributed by atoms with Gasteiger partial charge in [-0.3, -0.25) is 0 Å². The average molecular weight is 595 g/mol. The number of rotatable bonds is 28. The Labute approximate surface area is 266 Å². The normalized spacial score (nSPS) is 12.9. The van der Waals surface area contributed by atoms with Crippen LogP contribution >= 0.6 is 0 Å². The quantitative estimate of drug-likeness (QED) is 0.0917. The topological polar surface area (TPSA) is 27.7 Å². The van der Waals surface area contributed by atoms with Gasteiger partial charge in [-0.2, -0.15) is 0 Å². The zero-order valence-corrected chi connectivity index (χ0v) is 28.6. The van der Waals surface area contributed by atoms with E-state index in [0.29, 0.717) is 11.8 Å². The molecule has 0 fully saturated rings. The first-order chi connectivity index (χ1) is 21.1. The lowest BCUT2D eigenvalue weighted by molar-refractivity contribution is 0.116. The molecular formula is C40H66O3. The molecule has 0 saturated carbocycles. The van der Waals surface area contributed by atoms with Crippen LogP contribution in [-0.4, -0.2) is 26.4 Å². The van der Waals surface area contributed by atoms with Crippen LogP contribution in [0.5, 0.6) is 0 Å². The molecule has 0 aliphatic rings. The number of benzene rings is 2. The molecule has 3 heteroatoms. The van der Waals surface area contributed by atoms with E-state index in [2.05, 4.69) is 76.2 Å². The van der Waals surface area contributed by atoms with Crippen LogP contribution < -0.4 is 0 Å². The standard InChI is InChI=1S/C40H66O3/c1-5-7-9-11-15-31-42-33-37-21-25-39(26-22-37)35(3)19-13-17-29-41-30-18-14-20-36(4)40-27-23-38(24-28-40)34-43-32-16-12-10-8-6-2/h21-28,35-36H,5-20,29-34H2,1-4H3. The number of ether oxygens (including phenoxy) is 3. The number of hydrogen-bond acceptors (Lipinski definition) is 3. The third-order valence-corrected chi connectivity index (χ3v) is 8.77. The molecule has 2 atom stereocenters. The van der Waals surface area contributed by atoms with Crippen molar-refractivity contribution in [2.24, 2.45) is 0 Å². The van der Waals surface area contributed by atoms with E-state index in [1.807, 2.05) is 0 Å². The van der Waals surface area contributed by atoms with Gasteiger partial charge in [-0.05, 0) is 72.6 Å². The molecule has 0 aliphatic carbocycles. The Morgan fingerprint density at radius 3 is 1.16 bits per heavy atom. The lowest BCUT2D eigenvalue weighted by Gasteiger charge is -2.14. The molecule has 0 N–H and O–H groups in total. The number of unbranched alkanes of at least 4 members (excludes halogenated alkanes) is 10. The van der Waals surface area contributed by atoms with Crippen molar-refractivity contribution in [2.75, 3.05) is 26.4 Å². The third-order valence-electron chi connectivity index (χ3n) is 8.77. The third kappa shape index (κ3) is 18.7. The van der Waals surface area contributed by atoms with Gasteiger partial charge < -0.3 is 14.2 Å². The van der Waals surface area contributed by atoms with E-state index in [1.165, 1.54) is 112 Å². The molecule has 0 radical (unpaired) electrons. The molecule has 2 rings (SSSR count). The second-order valence-electron chi connectivity index (χ2n) is 12.8. The molecule has 43 heavy (non-hydrogen) atoms. The lowest BCUT2D eigenvalue weighted by Crippen LogP contribution is -2.01. The van der Waals surface area contributed by atoms with Gasteiger partial charge in [-0.1, -0.05) is 140 Å². The maximum absolute atomic E-state index is 5.96. The maximum Gasteiger partial charge on any atom is 0.0716 e.